The number of ether oxygens (including phenoxy) is 2. The molecule has 144 valence electrons. The maximum atomic E-state index is 13.3. The summed E-state index contributed by atoms with van der Waals surface area (Å²) in [5.41, 5.74) is 3.06. The number of carbonyl (C=O) groups excluding carboxylic acids is 1. The molecular weight excluding hydrogens is 394 g/mol. The zero-order valence-corrected chi connectivity index (χ0v) is 17.2. The Morgan fingerprint density at radius 3 is 2.50 bits per heavy atom. The van der Waals surface area contributed by atoms with Crippen LogP contribution in [0.4, 0.5) is 0 Å². The van der Waals surface area contributed by atoms with E-state index in [0.29, 0.717) is 23.1 Å². The first-order valence-corrected chi connectivity index (χ1v) is 10.2. The summed E-state index contributed by atoms with van der Waals surface area (Å²) in [6.45, 7) is 0.606. The SMILES string of the molecule is COc1cc2c(cc1OC)C(c1ccccc1Cl)N(C(=O)c1cccs1)CC2. The van der Waals surface area contributed by atoms with Crippen LogP contribution in [0.15, 0.2) is 53.9 Å². The molecule has 4 rings (SSSR count). The minimum absolute atomic E-state index is 0.0142. The van der Waals surface area contributed by atoms with Gasteiger partial charge in [-0.05, 0) is 52.8 Å². The largest absolute Gasteiger partial charge is 0.493 e. The fraction of sp³-hybridized carbons (Fsp3) is 0.227. The maximum absolute atomic E-state index is 13.3. The van der Waals surface area contributed by atoms with Gasteiger partial charge in [0, 0.05) is 11.6 Å². The van der Waals surface area contributed by atoms with Crippen LogP contribution in [0.3, 0.4) is 0 Å². The van der Waals surface area contributed by atoms with Crippen LogP contribution in [0, 0.1) is 0 Å². The summed E-state index contributed by atoms with van der Waals surface area (Å²) >= 11 is 8.01. The normalized spacial score (nSPS) is 15.8. The zero-order valence-electron chi connectivity index (χ0n) is 15.6. The first kappa shape index (κ1) is 18.8. The van der Waals surface area contributed by atoms with Crippen molar-refractivity contribution < 1.29 is 14.3 Å². The minimum atomic E-state index is -0.285. The molecule has 3 aromatic rings. The van der Waals surface area contributed by atoms with Gasteiger partial charge >= 0.3 is 0 Å². The summed E-state index contributed by atoms with van der Waals surface area (Å²) < 4.78 is 11.0. The molecule has 0 bridgehead atoms. The molecule has 1 atom stereocenters. The molecule has 1 aromatic heterocycles. The Kier molecular flexibility index (Phi) is 5.29. The average Bonchev–Trinajstić information content (AvgIpc) is 3.26. The van der Waals surface area contributed by atoms with E-state index in [2.05, 4.69) is 0 Å². The quantitative estimate of drug-likeness (QED) is 0.589. The zero-order chi connectivity index (χ0) is 19.7. The van der Waals surface area contributed by atoms with Gasteiger partial charge in [-0.2, -0.15) is 0 Å². The summed E-state index contributed by atoms with van der Waals surface area (Å²) in [6.07, 6.45) is 0.744. The number of amides is 1. The van der Waals surface area contributed by atoms with Gasteiger partial charge in [-0.1, -0.05) is 35.9 Å². The molecule has 2 heterocycles. The number of methoxy groups -OCH3 is 2. The highest BCUT2D eigenvalue weighted by Gasteiger charge is 2.35. The van der Waals surface area contributed by atoms with E-state index in [1.165, 1.54) is 11.3 Å². The summed E-state index contributed by atoms with van der Waals surface area (Å²) in [5, 5.41) is 2.56. The van der Waals surface area contributed by atoms with E-state index in [1.54, 1.807) is 14.2 Å². The van der Waals surface area contributed by atoms with Crippen LogP contribution in [-0.2, 0) is 6.42 Å². The molecule has 0 radical (unpaired) electrons. The molecule has 1 unspecified atom stereocenters. The average molecular weight is 414 g/mol. The third-order valence-electron chi connectivity index (χ3n) is 5.07. The lowest BCUT2D eigenvalue weighted by Gasteiger charge is -2.38. The molecule has 1 amide bonds. The molecule has 2 aromatic carbocycles. The van der Waals surface area contributed by atoms with Crippen molar-refractivity contribution in [3.63, 3.8) is 0 Å². The van der Waals surface area contributed by atoms with E-state index >= 15 is 0 Å². The molecule has 0 aliphatic carbocycles. The highest BCUT2D eigenvalue weighted by molar-refractivity contribution is 7.12. The van der Waals surface area contributed by atoms with Crippen LogP contribution >= 0.6 is 22.9 Å². The van der Waals surface area contributed by atoms with Gasteiger partial charge in [0.1, 0.15) is 0 Å². The minimum Gasteiger partial charge on any atom is -0.493 e. The van der Waals surface area contributed by atoms with Crippen molar-refractivity contribution in [2.45, 2.75) is 12.5 Å². The second-order valence-corrected chi connectivity index (χ2v) is 7.91. The first-order valence-electron chi connectivity index (χ1n) is 8.97. The number of nitrogens with zero attached hydrogens (tertiary/aromatic N) is 1. The predicted octanol–water partition coefficient (Wildman–Crippen LogP) is 5.21. The highest BCUT2D eigenvalue weighted by Crippen LogP contribution is 2.43. The molecule has 28 heavy (non-hydrogen) atoms. The Hall–Kier alpha value is -2.50. The van der Waals surface area contributed by atoms with Crippen LogP contribution in [0.1, 0.15) is 32.4 Å². The van der Waals surface area contributed by atoms with Crippen LogP contribution in [0.5, 0.6) is 11.5 Å². The molecule has 0 saturated carbocycles. The van der Waals surface area contributed by atoms with Gasteiger partial charge in [0.25, 0.3) is 5.91 Å². The number of rotatable bonds is 4. The number of thiophene rings is 1. The lowest BCUT2D eigenvalue weighted by Crippen LogP contribution is -2.40. The Balaban J connectivity index is 1.89. The second-order valence-electron chi connectivity index (χ2n) is 6.56. The number of fused-ring (bicyclic) bond motifs is 1. The van der Waals surface area contributed by atoms with E-state index in [4.69, 9.17) is 21.1 Å². The Morgan fingerprint density at radius 2 is 1.82 bits per heavy atom. The third kappa shape index (κ3) is 3.25. The van der Waals surface area contributed by atoms with E-state index in [-0.39, 0.29) is 11.9 Å². The Bertz CT molecular complexity index is 1000. The van der Waals surface area contributed by atoms with Crippen molar-refractivity contribution in [1.29, 1.82) is 0 Å². The molecule has 0 saturated heterocycles. The first-order chi connectivity index (χ1) is 13.6. The van der Waals surface area contributed by atoms with Crippen molar-refractivity contribution in [1.82, 2.24) is 4.90 Å². The molecule has 6 heteroatoms. The molecule has 0 fully saturated rings. The van der Waals surface area contributed by atoms with Gasteiger partial charge in [0.15, 0.2) is 11.5 Å². The number of benzene rings is 2. The van der Waals surface area contributed by atoms with E-state index in [0.717, 1.165) is 28.0 Å². The van der Waals surface area contributed by atoms with Crippen LogP contribution < -0.4 is 9.47 Å². The lowest BCUT2D eigenvalue weighted by molar-refractivity contribution is 0.0699. The van der Waals surface area contributed by atoms with Crippen LogP contribution in [-0.4, -0.2) is 31.6 Å². The maximum Gasteiger partial charge on any atom is 0.264 e. The second kappa shape index (κ2) is 7.86. The lowest BCUT2D eigenvalue weighted by atomic mass is 9.87. The molecule has 1 aliphatic heterocycles. The van der Waals surface area contributed by atoms with Gasteiger partial charge in [-0.25, -0.2) is 0 Å². The van der Waals surface area contributed by atoms with Gasteiger partial charge < -0.3 is 14.4 Å². The van der Waals surface area contributed by atoms with Crippen LogP contribution in [0.25, 0.3) is 0 Å². The van der Waals surface area contributed by atoms with Gasteiger partial charge in [-0.15, -0.1) is 11.3 Å². The number of hydrogen-bond donors (Lipinski definition) is 0. The third-order valence-corrected chi connectivity index (χ3v) is 6.27. The monoisotopic (exact) mass is 413 g/mol. The number of carbonyl (C=O) groups is 1. The van der Waals surface area contributed by atoms with Gasteiger partial charge in [0.2, 0.25) is 0 Å². The number of halogens is 1. The fourth-order valence-electron chi connectivity index (χ4n) is 3.74. The van der Waals surface area contributed by atoms with Crippen molar-refractivity contribution >= 4 is 28.8 Å². The van der Waals surface area contributed by atoms with Crippen molar-refractivity contribution in [3.8, 4) is 11.5 Å². The smallest absolute Gasteiger partial charge is 0.264 e. The van der Waals surface area contributed by atoms with Crippen molar-refractivity contribution in [2.75, 3.05) is 20.8 Å². The summed E-state index contributed by atoms with van der Waals surface area (Å²) in [5.74, 6) is 1.35. The molecular formula is C22H20ClNO3S. The van der Waals surface area contributed by atoms with Crippen molar-refractivity contribution in [2.24, 2.45) is 0 Å². The topological polar surface area (TPSA) is 38.8 Å². The molecule has 4 nitrogen and oxygen atoms in total. The molecule has 0 N–H and O–H groups in total. The Morgan fingerprint density at radius 1 is 1.07 bits per heavy atom. The van der Waals surface area contributed by atoms with Gasteiger partial charge in [-0.3, -0.25) is 4.79 Å². The van der Waals surface area contributed by atoms with Gasteiger partial charge in [0.05, 0.1) is 25.1 Å². The molecule has 0 spiro atoms. The van der Waals surface area contributed by atoms with Crippen LogP contribution in [0.2, 0.25) is 5.02 Å². The summed E-state index contributed by atoms with van der Waals surface area (Å²) in [6, 6.07) is 15.1. The highest BCUT2D eigenvalue weighted by atomic mass is 35.5. The number of hydrogen-bond acceptors (Lipinski definition) is 4. The molecule has 1 aliphatic rings. The van der Waals surface area contributed by atoms with Crippen molar-refractivity contribution in [3.05, 3.63) is 80.5 Å². The van der Waals surface area contributed by atoms with E-state index < -0.39 is 0 Å². The predicted molar refractivity (Wildman–Crippen MR) is 112 cm³/mol. The fourth-order valence-corrected chi connectivity index (χ4v) is 4.66. The standard InChI is InChI=1S/C22H20ClNO3S/c1-26-18-12-14-9-10-24(22(25)20-8-5-11-28-20)21(16(14)13-19(18)27-2)15-6-3-4-7-17(15)23/h3-8,11-13,21H,9-10H2,1-2H3. The van der Waals surface area contributed by atoms with E-state index in [9.17, 15) is 4.79 Å². The Labute approximate surface area is 173 Å². The summed E-state index contributed by atoms with van der Waals surface area (Å²) in [4.78, 5) is 15.9. The summed E-state index contributed by atoms with van der Waals surface area (Å²) in [7, 11) is 3.25. The van der Waals surface area contributed by atoms with E-state index in [1.807, 2.05) is 58.8 Å².